The van der Waals surface area contributed by atoms with Gasteiger partial charge in [0.25, 0.3) is 5.91 Å². The number of pyridine rings is 1. The highest BCUT2D eigenvalue weighted by Gasteiger charge is 2.04. The zero-order valence-corrected chi connectivity index (χ0v) is 11.3. The van der Waals surface area contributed by atoms with E-state index in [1.807, 2.05) is 0 Å². The van der Waals surface area contributed by atoms with Crippen LogP contribution in [0.1, 0.15) is 16.1 Å². The number of phenolic OH excluding ortho intramolecular Hbond substituents is 1. The minimum absolute atomic E-state index is 0.154. The van der Waals surface area contributed by atoms with Gasteiger partial charge in [-0.3, -0.25) is 9.78 Å². The maximum atomic E-state index is 11.6. The Bertz CT molecular complexity index is 615. The molecule has 0 spiro atoms. The van der Waals surface area contributed by atoms with Gasteiger partial charge >= 0.3 is 0 Å². The summed E-state index contributed by atoms with van der Waals surface area (Å²) in [6.07, 6.45) is 3.01. The smallest absolute Gasteiger partial charge is 0.289 e. The number of halogens is 1. The summed E-state index contributed by atoms with van der Waals surface area (Å²) < 4.78 is 0.684. The molecule has 2 aromatic rings. The summed E-state index contributed by atoms with van der Waals surface area (Å²) in [4.78, 5) is 15.5. The molecule has 1 amide bonds. The molecule has 1 aromatic carbocycles. The van der Waals surface area contributed by atoms with Crippen molar-refractivity contribution in [2.75, 3.05) is 0 Å². The lowest BCUT2D eigenvalue weighted by Gasteiger charge is -2.00. The molecule has 0 saturated heterocycles. The highest BCUT2D eigenvalue weighted by molar-refractivity contribution is 9.10. The van der Waals surface area contributed by atoms with Crippen molar-refractivity contribution in [2.24, 2.45) is 5.10 Å². The van der Waals surface area contributed by atoms with E-state index in [-0.39, 0.29) is 11.7 Å². The molecule has 0 atom stereocenters. The monoisotopic (exact) mass is 319 g/mol. The standard InChI is InChI=1S/C13H10BrN3O2/c14-11-7-10(18)5-4-9(11)8-16-17-13(19)12-3-1-2-6-15-12/h1-8,18H,(H,17,19)/b16-8+. The number of aromatic hydroxyl groups is 1. The SMILES string of the molecule is O=C(N/N=C/c1ccc(O)cc1Br)c1ccccn1. The third-order valence-electron chi connectivity index (χ3n) is 2.25. The van der Waals surface area contributed by atoms with Crippen LogP contribution in [0.3, 0.4) is 0 Å². The van der Waals surface area contributed by atoms with Gasteiger partial charge in [-0.05, 0) is 46.3 Å². The molecular weight excluding hydrogens is 310 g/mol. The third kappa shape index (κ3) is 3.62. The summed E-state index contributed by atoms with van der Waals surface area (Å²) in [5.74, 6) is -0.228. The predicted molar refractivity (Wildman–Crippen MR) is 75.1 cm³/mol. The normalized spacial score (nSPS) is 10.6. The van der Waals surface area contributed by atoms with Gasteiger partial charge in [-0.1, -0.05) is 6.07 Å². The number of phenols is 1. The van der Waals surface area contributed by atoms with Gasteiger partial charge in [0, 0.05) is 16.2 Å². The maximum Gasteiger partial charge on any atom is 0.289 e. The Labute approximate surface area is 118 Å². The summed E-state index contributed by atoms with van der Waals surface area (Å²) in [5, 5.41) is 13.1. The van der Waals surface area contributed by atoms with Crippen LogP contribution >= 0.6 is 15.9 Å². The molecule has 0 radical (unpaired) electrons. The second-order valence-electron chi connectivity index (χ2n) is 3.62. The van der Waals surface area contributed by atoms with Crippen LogP contribution < -0.4 is 5.43 Å². The molecule has 0 unspecified atom stereocenters. The minimum atomic E-state index is -0.383. The summed E-state index contributed by atoms with van der Waals surface area (Å²) in [6, 6.07) is 9.81. The van der Waals surface area contributed by atoms with E-state index in [9.17, 15) is 9.90 Å². The van der Waals surface area contributed by atoms with E-state index in [0.717, 1.165) is 5.56 Å². The van der Waals surface area contributed by atoms with Crippen LogP contribution in [0.2, 0.25) is 0 Å². The van der Waals surface area contributed by atoms with E-state index >= 15 is 0 Å². The van der Waals surface area contributed by atoms with Crippen molar-refractivity contribution in [3.63, 3.8) is 0 Å². The van der Waals surface area contributed by atoms with Crippen molar-refractivity contribution < 1.29 is 9.90 Å². The van der Waals surface area contributed by atoms with Gasteiger partial charge in [-0.15, -0.1) is 0 Å². The zero-order chi connectivity index (χ0) is 13.7. The van der Waals surface area contributed by atoms with Crippen molar-refractivity contribution in [3.05, 3.63) is 58.3 Å². The Hall–Kier alpha value is -2.21. The van der Waals surface area contributed by atoms with E-state index in [1.165, 1.54) is 18.5 Å². The van der Waals surface area contributed by atoms with Crippen molar-refractivity contribution in [1.29, 1.82) is 0 Å². The lowest BCUT2D eigenvalue weighted by Crippen LogP contribution is -2.18. The number of hydrogen-bond acceptors (Lipinski definition) is 4. The number of hydrazone groups is 1. The van der Waals surface area contributed by atoms with Gasteiger partial charge in [-0.2, -0.15) is 5.10 Å². The second-order valence-corrected chi connectivity index (χ2v) is 4.47. The number of carbonyl (C=O) groups is 1. The molecule has 5 nitrogen and oxygen atoms in total. The first-order valence-corrected chi connectivity index (χ1v) is 6.19. The van der Waals surface area contributed by atoms with Crippen molar-refractivity contribution in [2.45, 2.75) is 0 Å². The molecule has 0 aliphatic rings. The number of nitrogens with zero attached hydrogens (tertiary/aromatic N) is 2. The predicted octanol–water partition coefficient (Wildman–Crippen LogP) is 2.31. The second kappa shape index (κ2) is 6.10. The lowest BCUT2D eigenvalue weighted by molar-refractivity contribution is 0.0950. The minimum Gasteiger partial charge on any atom is -0.508 e. The Morgan fingerprint density at radius 3 is 2.89 bits per heavy atom. The molecule has 19 heavy (non-hydrogen) atoms. The Morgan fingerprint density at radius 2 is 2.21 bits per heavy atom. The fourth-order valence-corrected chi connectivity index (χ4v) is 1.80. The molecule has 6 heteroatoms. The van der Waals surface area contributed by atoms with Crippen LogP contribution in [0.4, 0.5) is 0 Å². The first kappa shape index (κ1) is 13.2. The first-order valence-electron chi connectivity index (χ1n) is 5.40. The largest absolute Gasteiger partial charge is 0.508 e. The summed E-state index contributed by atoms with van der Waals surface area (Å²) in [7, 11) is 0. The van der Waals surface area contributed by atoms with Gasteiger partial charge in [0.05, 0.1) is 6.21 Å². The quantitative estimate of drug-likeness (QED) is 0.673. The molecular formula is C13H10BrN3O2. The fourth-order valence-electron chi connectivity index (χ4n) is 1.34. The maximum absolute atomic E-state index is 11.6. The molecule has 1 heterocycles. The van der Waals surface area contributed by atoms with Crippen LogP contribution in [0.25, 0.3) is 0 Å². The molecule has 96 valence electrons. The van der Waals surface area contributed by atoms with Crippen LogP contribution in [-0.4, -0.2) is 22.2 Å². The van der Waals surface area contributed by atoms with E-state index < -0.39 is 0 Å². The molecule has 2 rings (SSSR count). The number of amides is 1. The van der Waals surface area contributed by atoms with Crippen LogP contribution in [0.5, 0.6) is 5.75 Å². The van der Waals surface area contributed by atoms with Crippen molar-refractivity contribution >= 4 is 28.1 Å². The average molecular weight is 320 g/mol. The lowest BCUT2D eigenvalue weighted by atomic mass is 10.2. The molecule has 0 fully saturated rings. The highest BCUT2D eigenvalue weighted by atomic mass is 79.9. The molecule has 0 bridgehead atoms. The Balaban J connectivity index is 2.02. The number of hydrogen-bond donors (Lipinski definition) is 2. The third-order valence-corrected chi connectivity index (χ3v) is 2.94. The van der Waals surface area contributed by atoms with Crippen LogP contribution in [0, 0.1) is 0 Å². The van der Waals surface area contributed by atoms with Gasteiger partial charge in [0.15, 0.2) is 0 Å². The zero-order valence-electron chi connectivity index (χ0n) is 9.75. The van der Waals surface area contributed by atoms with Crippen LogP contribution in [-0.2, 0) is 0 Å². The molecule has 2 N–H and O–H groups in total. The van der Waals surface area contributed by atoms with E-state index in [4.69, 9.17) is 0 Å². The van der Waals surface area contributed by atoms with Gasteiger partial charge < -0.3 is 5.11 Å². The fraction of sp³-hybridized carbons (Fsp3) is 0. The number of benzene rings is 1. The average Bonchev–Trinajstić information content (AvgIpc) is 2.42. The van der Waals surface area contributed by atoms with Crippen molar-refractivity contribution in [1.82, 2.24) is 10.4 Å². The number of nitrogens with one attached hydrogen (secondary N) is 1. The molecule has 0 saturated carbocycles. The summed E-state index contributed by atoms with van der Waals surface area (Å²) >= 11 is 3.28. The molecule has 1 aromatic heterocycles. The van der Waals surface area contributed by atoms with E-state index in [2.05, 4.69) is 31.4 Å². The summed E-state index contributed by atoms with van der Waals surface area (Å²) in [5.41, 5.74) is 3.40. The topological polar surface area (TPSA) is 74.6 Å². The van der Waals surface area contributed by atoms with Crippen molar-refractivity contribution in [3.8, 4) is 5.75 Å². The number of rotatable bonds is 3. The summed E-state index contributed by atoms with van der Waals surface area (Å²) in [6.45, 7) is 0. The van der Waals surface area contributed by atoms with E-state index in [0.29, 0.717) is 10.2 Å². The van der Waals surface area contributed by atoms with Gasteiger partial charge in [-0.25, -0.2) is 5.43 Å². The molecule has 0 aliphatic carbocycles. The highest BCUT2D eigenvalue weighted by Crippen LogP contribution is 2.20. The van der Waals surface area contributed by atoms with Gasteiger partial charge in [0.2, 0.25) is 0 Å². The first-order chi connectivity index (χ1) is 9.16. The number of carbonyl (C=O) groups excluding carboxylic acids is 1. The van der Waals surface area contributed by atoms with E-state index in [1.54, 1.807) is 30.3 Å². The number of aromatic nitrogens is 1. The van der Waals surface area contributed by atoms with Gasteiger partial charge in [0.1, 0.15) is 11.4 Å². The Morgan fingerprint density at radius 1 is 1.37 bits per heavy atom. The van der Waals surface area contributed by atoms with Crippen LogP contribution in [0.15, 0.2) is 52.2 Å². The molecule has 0 aliphatic heterocycles. The Kier molecular flexibility index (Phi) is 4.25.